The lowest BCUT2D eigenvalue weighted by Crippen LogP contribution is -2.24. The summed E-state index contributed by atoms with van der Waals surface area (Å²) in [6.07, 6.45) is 5.63. The Morgan fingerprint density at radius 1 is 1.25 bits per heavy atom. The number of hydrogen-bond donors (Lipinski definition) is 2. The molecule has 20 heavy (non-hydrogen) atoms. The summed E-state index contributed by atoms with van der Waals surface area (Å²) in [7, 11) is -3.35. The van der Waals surface area contributed by atoms with E-state index in [-0.39, 0.29) is 0 Å². The van der Waals surface area contributed by atoms with Crippen molar-refractivity contribution in [3.05, 3.63) is 16.3 Å². The van der Waals surface area contributed by atoms with Crippen LogP contribution in [0.5, 0.6) is 0 Å². The van der Waals surface area contributed by atoms with E-state index in [0.717, 1.165) is 23.6 Å². The molecule has 0 bridgehead atoms. The second-order valence-corrected chi connectivity index (χ2v) is 8.21. The summed E-state index contributed by atoms with van der Waals surface area (Å²) in [5.41, 5.74) is 5.49. The molecule has 0 unspecified atom stereocenters. The summed E-state index contributed by atoms with van der Waals surface area (Å²) < 4.78 is 26.6. The Bertz CT molecular complexity index is 481. The van der Waals surface area contributed by atoms with Gasteiger partial charge in [0, 0.05) is 23.3 Å². The van der Waals surface area contributed by atoms with E-state index in [1.54, 1.807) is 11.4 Å². The van der Waals surface area contributed by atoms with E-state index in [4.69, 9.17) is 5.73 Å². The van der Waals surface area contributed by atoms with Crippen molar-refractivity contribution < 1.29 is 8.42 Å². The van der Waals surface area contributed by atoms with Gasteiger partial charge in [-0.1, -0.05) is 39.5 Å². The van der Waals surface area contributed by atoms with Crippen LogP contribution < -0.4 is 10.5 Å². The van der Waals surface area contributed by atoms with Crippen LogP contribution in [0.3, 0.4) is 0 Å². The van der Waals surface area contributed by atoms with Crippen LogP contribution in [0.15, 0.2) is 16.3 Å². The maximum absolute atomic E-state index is 12.0. The van der Waals surface area contributed by atoms with Crippen molar-refractivity contribution in [2.45, 2.75) is 57.4 Å². The molecule has 0 radical (unpaired) electrons. The third-order valence-corrected chi connectivity index (χ3v) is 5.69. The van der Waals surface area contributed by atoms with Gasteiger partial charge in [-0.3, -0.25) is 0 Å². The minimum Gasteiger partial charge on any atom is -0.326 e. The zero-order valence-electron chi connectivity index (χ0n) is 12.4. The number of hydrogen-bond acceptors (Lipinski definition) is 4. The van der Waals surface area contributed by atoms with Crippen LogP contribution in [0.1, 0.15) is 50.8 Å². The van der Waals surface area contributed by atoms with Gasteiger partial charge in [0.15, 0.2) is 0 Å². The Kier molecular flexibility index (Phi) is 7.72. The van der Waals surface area contributed by atoms with E-state index in [1.165, 1.54) is 30.6 Å². The highest BCUT2D eigenvalue weighted by atomic mass is 32.2. The van der Waals surface area contributed by atoms with E-state index in [9.17, 15) is 8.42 Å². The van der Waals surface area contributed by atoms with E-state index in [1.807, 2.05) is 0 Å². The minimum atomic E-state index is -3.35. The second kappa shape index (κ2) is 8.77. The predicted molar refractivity (Wildman–Crippen MR) is 85.3 cm³/mol. The van der Waals surface area contributed by atoms with Gasteiger partial charge in [-0.2, -0.15) is 0 Å². The number of unbranched alkanes of at least 4 members (excludes halogenated alkanes) is 3. The smallest absolute Gasteiger partial charge is 0.241 e. The molecule has 0 aliphatic carbocycles. The molecule has 0 aromatic carbocycles. The molecule has 0 aliphatic heterocycles. The number of rotatable bonds is 10. The number of nitrogens with two attached hydrogens (primary N) is 1. The maximum atomic E-state index is 12.0. The lowest BCUT2D eigenvalue weighted by molar-refractivity contribution is 0.517. The Labute approximate surface area is 126 Å². The molecule has 116 valence electrons. The van der Waals surface area contributed by atoms with E-state index < -0.39 is 10.0 Å². The summed E-state index contributed by atoms with van der Waals surface area (Å²) in [4.78, 5) is 1.22. The minimum absolute atomic E-state index is 0.336. The largest absolute Gasteiger partial charge is 0.326 e. The molecule has 6 heteroatoms. The number of nitrogens with one attached hydrogen (secondary N) is 1. The predicted octanol–water partition coefficient (Wildman–Crippen LogP) is 3.09. The Balaban J connectivity index is 2.23. The first-order valence-corrected chi connectivity index (χ1v) is 9.59. The standard InChI is InChI=1S/C14H26N2O2S2/c1-12(2)7-5-3-4-6-8-16-20(17,18)14-9-13(10-15)19-11-14/h9,11-12,16H,3-8,10,15H2,1-2H3. The molecular formula is C14H26N2O2S2. The second-order valence-electron chi connectivity index (χ2n) is 5.45. The first-order valence-electron chi connectivity index (χ1n) is 7.23. The summed E-state index contributed by atoms with van der Waals surface area (Å²) in [5.74, 6) is 0.754. The Hall–Kier alpha value is -0.430. The van der Waals surface area contributed by atoms with E-state index >= 15 is 0 Å². The molecule has 0 saturated heterocycles. The monoisotopic (exact) mass is 318 g/mol. The van der Waals surface area contributed by atoms with Gasteiger partial charge in [0.05, 0.1) is 4.90 Å². The highest BCUT2D eigenvalue weighted by Gasteiger charge is 2.14. The fraction of sp³-hybridized carbons (Fsp3) is 0.714. The van der Waals surface area contributed by atoms with Gasteiger partial charge < -0.3 is 5.73 Å². The van der Waals surface area contributed by atoms with Crippen molar-refractivity contribution in [3.63, 3.8) is 0 Å². The van der Waals surface area contributed by atoms with Crippen molar-refractivity contribution in [2.75, 3.05) is 6.54 Å². The molecule has 1 aromatic rings. The summed E-state index contributed by atoms with van der Waals surface area (Å²) in [6.45, 7) is 5.35. The van der Waals surface area contributed by atoms with Gasteiger partial charge in [-0.05, 0) is 18.4 Å². The average molecular weight is 319 g/mol. The summed E-state index contributed by atoms with van der Waals surface area (Å²) >= 11 is 1.39. The van der Waals surface area contributed by atoms with Gasteiger partial charge in [-0.15, -0.1) is 11.3 Å². The average Bonchev–Trinajstić information content (AvgIpc) is 2.86. The van der Waals surface area contributed by atoms with Crippen molar-refractivity contribution in [1.29, 1.82) is 0 Å². The van der Waals surface area contributed by atoms with Crippen LogP contribution in [0.2, 0.25) is 0 Å². The maximum Gasteiger partial charge on any atom is 0.241 e. The van der Waals surface area contributed by atoms with Crippen LogP contribution >= 0.6 is 11.3 Å². The molecule has 0 atom stereocenters. The zero-order valence-corrected chi connectivity index (χ0v) is 14.0. The lowest BCUT2D eigenvalue weighted by Gasteiger charge is -2.06. The molecule has 0 spiro atoms. The molecule has 4 nitrogen and oxygen atoms in total. The third kappa shape index (κ3) is 6.35. The molecule has 0 aliphatic rings. The first kappa shape index (κ1) is 17.6. The molecule has 1 heterocycles. The molecule has 0 amide bonds. The highest BCUT2D eigenvalue weighted by molar-refractivity contribution is 7.89. The van der Waals surface area contributed by atoms with Crippen molar-refractivity contribution >= 4 is 21.4 Å². The summed E-state index contributed by atoms with van der Waals surface area (Å²) in [6, 6.07) is 1.65. The van der Waals surface area contributed by atoms with Crippen molar-refractivity contribution in [1.82, 2.24) is 4.72 Å². The zero-order chi connectivity index (χ0) is 15.0. The highest BCUT2D eigenvalue weighted by Crippen LogP contribution is 2.18. The quantitative estimate of drug-likeness (QED) is 0.651. The fourth-order valence-electron chi connectivity index (χ4n) is 1.93. The van der Waals surface area contributed by atoms with Crippen molar-refractivity contribution in [2.24, 2.45) is 11.7 Å². The SMILES string of the molecule is CC(C)CCCCCCNS(=O)(=O)c1csc(CN)c1. The Morgan fingerprint density at radius 3 is 2.55 bits per heavy atom. The number of thiophene rings is 1. The lowest BCUT2D eigenvalue weighted by atomic mass is 10.0. The number of sulfonamides is 1. The van der Waals surface area contributed by atoms with E-state index in [0.29, 0.717) is 18.0 Å². The van der Waals surface area contributed by atoms with Gasteiger partial charge in [-0.25, -0.2) is 13.1 Å². The van der Waals surface area contributed by atoms with E-state index in [2.05, 4.69) is 18.6 Å². The van der Waals surface area contributed by atoms with Gasteiger partial charge in [0.2, 0.25) is 10.0 Å². The molecule has 0 fully saturated rings. The molecule has 1 rings (SSSR count). The molecule has 1 aromatic heterocycles. The van der Waals surface area contributed by atoms with Gasteiger partial charge in [0.1, 0.15) is 0 Å². The van der Waals surface area contributed by atoms with Gasteiger partial charge in [0.25, 0.3) is 0 Å². The van der Waals surface area contributed by atoms with Crippen LogP contribution in [-0.2, 0) is 16.6 Å². The summed E-state index contributed by atoms with van der Waals surface area (Å²) in [5, 5.41) is 1.65. The normalized spacial score (nSPS) is 12.2. The van der Waals surface area contributed by atoms with Gasteiger partial charge >= 0.3 is 0 Å². The van der Waals surface area contributed by atoms with Crippen LogP contribution in [0, 0.1) is 5.92 Å². The van der Waals surface area contributed by atoms with Crippen LogP contribution in [-0.4, -0.2) is 15.0 Å². The van der Waals surface area contributed by atoms with Crippen molar-refractivity contribution in [3.8, 4) is 0 Å². The third-order valence-electron chi connectivity index (χ3n) is 3.14. The van der Waals surface area contributed by atoms with Crippen LogP contribution in [0.25, 0.3) is 0 Å². The first-order chi connectivity index (χ1) is 9.45. The topological polar surface area (TPSA) is 72.2 Å². The fourth-order valence-corrected chi connectivity index (χ4v) is 4.16. The molecule has 3 N–H and O–H groups in total. The molecular weight excluding hydrogens is 292 g/mol. The molecule has 0 saturated carbocycles. The van der Waals surface area contributed by atoms with Crippen LogP contribution in [0.4, 0.5) is 0 Å². The Morgan fingerprint density at radius 2 is 1.95 bits per heavy atom.